The fourth-order valence-corrected chi connectivity index (χ4v) is 2.11. The Morgan fingerprint density at radius 3 is 2.76 bits per heavy atom. The summed E-state index contributed by atoms with van der Waals surface area (Å²) < 4.78 is 0. The summed E-state index contributed by atoms with van der Waals surface area (Å²) in [6.45, 7) is 4.04. The summed E-state index contributed by atoms with van der Waals surface area (Å²) >= 11 is 0. The average molecular weight is 231 g/mol. The Hall–Kier alpha value is -1.67. The Morgan fingerprint density at radius 2 is 2.18 bits per heavy atom. The van der Waals surface area contributed by atoms with Gasteiger partial charge in [0, 0.05) is 18.6 Å². The molecule has 0 atom stereocenters. The fourth-order valence-electron chi connectivity index (χ4n) is 2.11. The lowest BCUT2D eigenvalue weighted by Crippen LogP contribution is -2.50. The van der Waals surface area contributed by atoms with Crippen molar-refractivity contribution in [2.75, 3.05) is 25.0 Å². The van der Waals surface area contributed by atoms with Gasteiger partial charge in [0.05, 0.1) is 11.8 Å². The first-order valence-corrected chi connectivity index (χ1v) is 5.84. The number of aromatic nitrogens is 2. The maximum Gasteiger partial charge on any atom is 0.169 e. The van der Waals surface area contributed by atoms with E-state index in [-0.39, 0.29) is 5.54 Å². The van der Waals surface area contributed by atoms with Gasteiger partial charge < -0.3 is 10.2 Å². The highest BCUT2D eigenvalue weighted by atomic mass is 15.3. The molecule has 1 fully saturated rings. The number of anilines is 1. The third-order valence-electron chi connectivity index (χ3n) is 3.59. The van der Waals surface area contributed by atoms with Crippen LogP contribution in [-0.2, 0) is 0 Å². The summed E-state index contributed by atoms with van der Waals surface area (Å²) in [7, 11) is 2.00. The summed E-state index contributed by atoms with van der Waals surface area (Å²) in [5.41, 5.74) is 0.805. The molecule has 1 N–H and O–H groups in total. The highest BCUT2D eigenvalue weighted by molar-refractivity contribution is 5.52. The molecule has 0 saturated carbocycles. The van der Waals surface area contributed by atoms with Crippen LogP contribution in [0.2, 0.25) is 0 Å². The minimum atomic E-state index is 0.200. The van der Waals surface area contributed by atoms with Gasteiger partial charge in [-0.15, -0.1) is 5.10 Å². The molecule has 0 bridgehead atoms. The van der Waals surface area contributed by atoms with Crippen molar-refractivity contribution < 1.29 is 0 Å². The van der Waals surface area contributed by atoms with Gasteiger partial charge in [-0.05, 0) is 32.9 Å². The highest BCUT2D eigenvalue weighted by Crippen LogP contribution is 2.25. The van der Waals surface area contributed by atoms with Crippen molar-refractivity contribution in [2.45, 2.75) is 25.3 Å². The molecule has 0 aliphatic carbocycles. The lowest BCUT2D eigenvalue weighted by Gasteiger charge is -2.39. The van der Waals surface area contributed by atoms with Crippen LogP contribution in [0.4, 0.5) is 5.82 Å². The molecule has 1 aromatic heterocycles. The molecule has 0 radical (unpaired) electrons. The van der Waals surface area contributed by atoms with Gasteiger partial charge in [-0.1, -0.05) is 0 Å². The van der Waals surface area contributed by atoms with Crippen molar-refractivity contribution >= 4 is 5.82 Å². The van der Waals surface area contributed by atoms with Crippen molar-refractivity contribution in [3.05, 3.63) is 17.8 Å². The van der Waals surface area contributed by atoms with E-state index in [0.29, 0.717) is 11.4 Å². The Bertz CT molecular complexity index is 429. The van der Waals surface area contributed by atoms with E-state index in [0.717, 1.165) is 25.9 Å². The summed E-state index contributed by atoms with van der Waals surface area (Å²) in [4.78, 5) is 2.14. The third kappa shape index (κ3) is 2.37. The molecule has 90 valence electrons. The van der Waals surface area contributed by atoms with Crippen molar-refractivity contribution in [2.24, 2.45) is 0 Å². The van der Waals surface area contributed by atoms with Crippen LogP contribution >= 0.6 is 0 Å². The second-order valence-electron chi connectivity index (χ2n) is 4.68. The van der Waals surface area contributed by atoms with Gasteiger partial charge >= 0.3 is 0 Å². The lowest BCUT2D eigenvalue weighted by atomic mass is 9.90. The first kappa shape index (κ1) is 11.8. The molecule has 2 rings (SSSR count). The van der Waals surface area contributed by atoms with Gasteiger partial charge in [-0.3, -0.25) is 0 Å². The molecule has 1 aromatic rings. The fraction of sp³-hybridized carbons (Fsp3) is 0.583. The smallest absolute Gasteiger partial charge is 0.169 e. The Labute approximate surface area is 101 Å². The maximum absolute atomic E-state index is 9.04. The molecule has 0 amide bonds. The third-order valence-corrected chi connectivity index (χ3v) is 3.59. The van der Waals surface area contributed by atoms with Crippen LogP contribution in [-0.4, -0.2) is 35.9 Å². The Kier molecular flexibility index (Phi) is 3.25. The molecule has 1 aliphatic heterocycles. The lowest BCUT2D eigenvalue weighted by molar-refractivity contribution is 0.304. The number of nitrogens with one attached hydrogen (secondary N) is 1. The summed E-state index contributed by atoms with van der Waals surface area (Å²) in [6, 6.07) is 3.88. The molecule has 1 saturated heterocycles. The Morgan fingerprint density at radius 1 is 1.47 bits per heavy atom. The van der Waals surface area contributed by atoms with Crippen molar-refractivity contribution in [1.82, 2.24) is 15.5 Å². The molecule has 2 heterocycles. The van der Waals surface area contributed by atoms with Gasteiger partial charge in [0.1, 0.15) is 6.07 Å². The number of nitrogens with zero attached hydrogens (tertiary/aromatic N) is 4. The summed E-state index contributed by atoms with van der Waals surface area (Å²) in [5.74, 6) is 0.716. The second kappa shape index (κ2) is 4.68. The van der Waals surface area contributed by atoms with E-state index in [2.05, 4.69) is 33.4 Å². The summed E-state index contributed by atoms with van der Waals surface area (Å²) in [5, 5.41) is 20.3. The van der Waals surface area contributed by atoms with Crippen LogP contribution in [0, 0.1) is 11.3 Å². The monoisotopic (exact) mass is 231 g/mol. The van der Waals surface area contributed by atoms with E-state index < -0.39 is 0 Å². The minimum Gasteiger partial charge on any atom is -0.354 e. The van der Waals surface area contributed by atoms with E-state index in [4.69, 9.17) is 5.26 Å². The van der Waals surface area contributed by atoms with Gasteiger partial charge in [0.25, 0.3) is 0 Å². The first-order valence-electron chi connectivity index (χ1n) is 5.84. The predicted octanol–water partition coefficient (Wildman–Crippen LogP) is 0.927. The topological polar surface area (TPSA) is 64.8 Å². The van der Waals surface area contributed by atoms with Crippen molar-refractivity contribution in [3.8, 4) is 6.07 Å². The number of piperidine rings is 1. The van der Waals surface area contributed by atoms with Crippen LogP contribution in [0.1, 0.15) is 25.3 Å². The zero-order valence-electron chi connectivity index (χ0n) is 10.3. The highest BCUT2D eigenvalue weighted by Gasteiger charge is 2.29. The van der Waals surface area contributed by atoms with Gasteiger partial charge in [0.2, 0.25) is 0 Å². The van der Waals surface area contributed by atoms with E-state index in [1.807, 2.05) is 7.05 Å². The number of hydrogen-bond donors (Lipinski definition) is 1. The van der Waals surface area contributed by atoms with Crippen molar-refractivity contribution in [1.29, 1.82) is 5.26 Å². The summed E-state index contributed by atoms with van der Waals surface area (Å²) in [6.07, 6.45) is 3.65. The second-order valence-corrected chi connectivity index (χ2v) is 4.68. The molecule has 0 unspecified atom stereocenters. The largest absolute Gasteiger partial charge is 0.354 e. The van der Waals surface area contributed by atoms with E-state index in [1.165, 1.54) is 0 Å². The minimum absolute atomic E-state index is 0.200. The molecular formula is C12H17N5. The van der Waals surface area contributed by atoms with E-state index in [9.17, 15) is 0 Å². The number of rotatable bonds is 2. The van der Waals surface area contributed by atoms with Crippen LogP contribution < -0.4 is 10.2 Å². The van der Waals surface area contributed by atoms with E-state index in [1.54, 1.807) is 12.3 Å². The molecule has 5 heteroatoms. The molecule has 5 nitrogen and oxygen atoms in total. The number of hydrogen-bond acceptors (Lipinski definition) is 5. The molecule has 0 aromatic carbocycles. The standard InChI is InChI=1S/C12H17N5/c1-12(14-2)4-7-17(8-5-12)11-10(9-13)3-6-15-16-11/h3,6,14H,4-5,7-8H2,1-2H3. The molecule has 1 aliphatic rings. The van der Waals surface area contributed by atoms with E-state index >= 15 is 0 Å². The van der Waals surface area contributed by atoms with Crippen LogP contribution in [0.5, 0.6) is 0 Å². The zero-order valence-corrected chi connectivity index (χ0v) is 10.3. The average Bonchev–Trinajstić information content (AvgIpc) is 2.40. The normalized spacial score (nSPS) is 18.8. The first-order chi connectivity index (χ1) is 8.18. The quantitative estimate of drug-likeness (QED) is 0.820. The molecular weight excluding hydrogens is 214 g/mol. The molecule has 0 spiro atoms. The van der Waals surface area contributed by atoms with Gasteiger partial charge in [0.15, 0.2) is 5.82 Å². The maximum atomic E-state index is 9.04. The predicted molar refractivity (Wildman–Crippen MR) is 65.7 cm³/mol. The Balaban J connectivity index is 2.14. The van der Waals surface area contributed by atoms with Gasteiger partial charge in [-0.2, -0.15) is 10.4 Å². The SMILES string of the molecule is CNC1(C)CCN(c2nnccc2C#N)CC1. The van der Waals surface area contributed by atoms with Gasteiger partial charge in [-0.25, -0.2) is 0 Å². The van der Waals surface area contributed by atoms with Crippen LogP contribution in [0.3, 0.4) is 0 Å². The van der Waals surface area contributed by atoms with Crippen LogP contribution in [0.25, 0.3) is 0 Å². The molecule has 17 heavy (non-hydrogen) atoms. The van der Waals surface area contributed by atoms with Crippen molar-refractivity contribution in [3.63, 3.8) is 0 Å². The van der Waals surface area contributed by atoms with Crippen LogP contribution in [0.15, 0.2) is 12.3 Å². The zero-order chi connectivity index (χ0) is 12.3. The number of nitriles is 1.